The van der Waals surface area contributed by atoms with Gasteiger partial charge in [-0.2, -0.15) is 5.10 Å². The Morgan fingerprint density at radius 1 is 1.40 bits per heavy atom. The Hall–Kier alpha value is -1.76. The molecule has 0 atom stereocenters. The van der Waals surface area contributed by atoms with Crippen LogP contribution in [0.1, 0.15) is 17.8 Å². The summed E-state index contributed by atoms with van der Waals surface area (Å²) in [5, 5.41) is 6.42. The minimum absolute atomic E-state index is 0.119. The van der Waals surface area contributed by atoms with E-state index in [-0.39, 0.29) is 22.6 Å². The van der Waals surface area contributed by atoms with Crippen LogP contribution in [0.5, 0.6) is 0 Å². The highest BCUT2D eigenvalue weighted by Crippen LogP contribution is 2.28. The molecule has 1 N–H and O–H groups in total. The first-order chi connectivity index (χ1) is 9.49. The van der Waals surface area contributed by atoms with Gasteiger partial charge in [-0.3, -0.25) is 9.48 Å². The Kier molecular flexibility index (Phi) is 4.49. The average Bonchev–Trinajstić information content (AvgIpc) is 2.68. The highest BCUT2D eigenvalue weighted by molar-refractivity contribution is 9.10. The Labute approximate surface area is 122 Å². The number of hydrogen-bond acceptors (Lipinski definition) is 2. The van der Waals surface area contributed by atoms with Gasteiger partial charge < -0.3 is 5.32 Å². The molecule has 0 bridgehead atoms. The molecule has 7 heteroatoms. The van der Waals surface area contributed by atoms with Crippen molar-refractivity contribution in [1.29, 1.82) is 0 Å². The van der Waals surface area contributed by atoms with Crippen molar-refractivity contribution in [1.82, 2.24) is 9.78 Å². The second-order valence-electron chi connectivity index (χ2n) is 4.16. The molecule has 0 aliphatic carbocycles. The van der Waals surface area contributed by atoms with Crippen molar-refractivity contribution in [3.8, 4) is 0 Å². The SMILES string of the molecule is Cc1c(Br)c(C(F)F)nn1CC(=O)Nc1ccccc1. The van der Waals surface area contributed by atoms with Crippen molar-refractivity contribution in [2.24, 2.45) is 0 Å². The zero-order valence-corrected chi connectivity index (χ0v) is 12.2. The molecule has 106 valence electrons. The Balaban J connectivity index is 2.10. The Bertz CT molecular complexity index is 614. The van der Waals surface area contributed by atoms with Crippen molar-refractivity contribution in [3.05, 3.63) is 46.2 Å². The number of rotatable bonds is 4. The summed E-state index contributed by atoms with van der Waals surface area (Å²) < 4.78 is 26.9. The Morgan fingerprint density at radius 2 is 2.05 bits per heavy atom. The van der Waals surface area contributed by atoms with Crippen molar-refractivity contribution in [3.63, 3.8) is 0 Å². The monoisotopic (exact) mass is 343 g/mol. The van der Waals surface area contributed by atoms with Crippen LogP contribution in [-0.2, 0) is 11.3 Å². The first-order valence-electron chi connectivity index (χ1n) is 5.85. The molecule has 0 radical (unpaired) electrons. The smallest absolute Gasteiger partial charge is 0.283 e. The number of anilines is 1. The molecule has 0 fully saturated rings. The van der Waals surface area contributed by atoms with Crippen LogP contribution >= 0.6 is 15.9 Å². The molecule has 20 heavy (non-hydrogen) atoms. The molecule has 0 saturated heterocycles. The van der Waals surface area contributed by atoms with E-state index in [1.807, 2.05) is 6.07 Å². The van der Waals surface area contributed by atoms with E-state index < -0.39 is 6.43 Å². The number of hydrogen-bond donors (Lipinski definition) is 1. The standard InChI is InChI=1S/C13H12BrF2N3O/c1-8-11(14)12(13(15)16)18-19(8)7-10(20)17-9-5-3-2-4-6-9/h2-6,13H,7H2,1H3,(H,17,20). The third-order valence-electron chi connectivity index (χ3n) is 2.72. The number of benzene rings is 1. The van der Waals surface area contributed by atoms with E-state index in [0.29, 0.717) is 11.4 Å². The quantitative estimate of drug-likeness (QED) is 0.922. The minimum atomic E-state index is -2.68. The predicted octanol–water partition coefficient (Wildman–Crippen LogP) is 3.53. The van der Waals surface area contributed by atoms with E-state index in [9.17, 15) is 13.6 Å². The number of aromatic nitrogens is 2. The second kappa shape index (κ2) is 6.13. The van der Waals surface area contributed by atoms with Crippen molar-refractivity contribution in [2.45, 2.75) is 19.9 Å². The molecule has 1 heterocycles. The summed E-state index contributed by atoms with van der Waals surface area (Å²) in [6, 6.07) is 8.91. The van der Waals surface area contributed by atoms with E-state index >= 15 is 0 Å². The summed E-state index contributed by atoms with van der Waals surface area (Å²) in [7, 11) is 0. The first kappa shape index (κ1) is 14.6. The molecular formula is C13H12BrF2N3O. The normalized spacial score (nSPS) is 10.8. The lowest BCUT2D eigenvalue weighted by atomic mass is 10.3. The lowest BCUT2D eigenvalue weighted by molar-refractivity contribution is -0.117. The fourth-order valence-electron chi connectivity index (χ4n) is 1.70. The van der Waals surface area contributed by atoms with Gasteiger partial charge in [-0.25, -0.2) is 8.78 Å². The van der Waals surface area contributed by atoms with Crippen molar-refractivity contribution in [2.75, 3.05) is 5.32 Å². The van der Waals surface area contributed by atoms with Gasteiger partial charge >= 0.3 is 0 Å². The number of para-hydroxylation sites is 1. The Morgan fingerprint density at radius 3 is 2.60 bits per heavy atom. The van der Waals surface area contributed by atoms with Gasteiger partial charge in [0.05, 0.1) is 10.2 Å². The molecule has 0 aliphatic heterocycles. The fraction of sp³-hybridized carbons (Fsp3) is 0.231. The topological polar surface area (TPSA) is 46.9 Å². The van der Waals surface area contributed by atoms with Crippen LogP contribution in [0.2, 0.25) is 0 Å². The minimum Gasteiger partial charge on any atom is -0.324 e. The molecule has 0 aliphatic rings. The number of carbonyl (C=O) groups is 1. The van der Waals surface area contributed by atoms with Gasteiger partial charge in [0.2, 0.25) is 5.91 Å². The van der Waals surface area contributed by atoms with Crippen molar-refractivity contribution < 1.29 is 13.6 Å². The molecule has 0 spiro atoms. The van der Waals surface area contributed by atoms with Crippen LogP contribution in [0.15, 0.2) is 34.8 Å². The molecule has 1 aromatic carbocycles. The van der Waals surface area contributed by atoms with Gasteiger partial charge in [-0.15, -0.1) is 0 Å². The zero-order valence-electron chi connectivity index (χ0n) is 10.6. The van der Waals surface area contributed by atoms with Crippen molar-refractivity contribution >= 4 is 27.5 Å². The number of amides is 1. The van der Waals surface area contributed by atoms with E-state index in [0.717, 1.165) is 0 Å². The third-order valence-corrected chi connectivity index (χ3v) is 3.70. The molecular weight excluding hydrogens is 332 g/mol. The molecule has 1 aromatic heterocycles. The van der Waals surface area contributed by atoms with Crippen LogP contribution in [0.25, 0.3) is 0 Å². The average molecular weight is 344 g/mol. The number of nitrogens with zero attached hydrogens (tertiary/aromatic N) is 2. The molecule has 0 unspecified atom stereocenters. The summed E-state index contributed by atoms with van der Waals surface area (Å²) in [6.45, 7) is 1.50. The first-order valence-corrected chi connectivity index (χ1v) is 6.64. The predicted molar refractivity (Wildman–Crippen MR) is 74.7 cm³/mol. The maximum atomic E-state index is 12.7. The van der Waals surface area contributed by atoms with Crippen LogP contribution in [0.4, 0.5) is 14.5 Å². The van der Waals surface area contributed by atoms with Crippen LogP contribution in [0.3, 0.4) is 0 Å². The van der Waals surface area contributed by atoms with E-state index in [1.54, 1.807) is 31.2 Å². The van der Waals surface area contributed by atoms with E-state index in [2.05, 4.69) is 26.3 Å². The van der Waals surface area contributed by atoms with Gasteiger partial charge in [0, 0.05) is 5.69 Å². The molecule has 2 rings (SSSR count). The van der Waals surface area contributed by atoms with Gasteiger partial charge in [0.25, 0.3) is 6.43 Å². The number of carbonyl (C=O) groups excluding carboxylic acids is 1. The maximum Gasteiger partial charge on any atom is 0.283 e. The van der Waals surface area contributed by atoms with Gasteiger partial charge in [0.1, 0.15) is 12.2 Å². The zero-order chi connectivity index (χ0) is 14.7. The van der Waals surface area contributed by atoms with Crippen LogP contribution < -0.4 is 5.32 Å². The summed E-state index contributed by atoms with van der Waals surface area (Å²) in [5.41, 5.74) is 0.786. The summed E-state index contributed by atoms with van der Waals surface area (Å²) in [5.74, 6) is -0.324. The lowest BCUT2D eigenvalue weighted by Gasteiger charge is -2.06. The van der Waals surface area contributed by atoms with Gasteiger partial charge in [0.15, 0.2) is 0 Å². The third kappa shape index (κ3) is 3.22. The summed E-state index contributed by atoms with van der Waals surface area (Å²) >= 11 is 3.06. The molecule has 4 nitrogen and oxygen atoms in total. The fourth-order valence-corrected chi connectivity index (χ4v) is 2.16. The molecule has 0 saturated carbocycles. The van der Waals surface area contributed by atoms with E-state index in [1.165, 1.54) is 4.68 Å². The molecule has 1 amide bonds. The summed E-state index contributed by atoms with van der Waals surface area (Å²) in [4.78, 5) is 11.8. The number of nitrogens with one attached hydrogen (secondary N) is 1. The largest absolute Gasteiger partial charge is 0.324 e. The number of halogens is 3. The number of alkyl halides is 2. The van der Waals surface area contributed by atoms with Gasteiger partial charge in [-0.05, 0) is 35.0 Å². The van der Waals surface area contributed by atoms with Crippen LogP contribution in [-0.4, -0.2) is 15.7 Å². The summed E-state index contributed by atoms with van der Waals surface area (Å²) in [6.07, 6.45) is -2.68. The highest BCUT2D eigenvalue weighted by atomic mass is 79.9. The molecule has 2 aromatic rings. The second-order valence-corrected chi connectivity index (χ2v) is 4.95. The lowest BCUT2D eigenvalue weighted by Crippen LogP contribution is -2.20. The highest BCUT2D eigenvalue weighted by Gasteiger charge is 2.21. The van der Waals surface area contributed by atoms with Crippen LogP contribution in [0, 0.1) is 6.92 Å². The maximum absolute atomic E-state index is 12.7. The van der Waals surface area contributed by atoms with E-state index in [4.69, 9.17) is 0 Å². The van der Waals surface area contributed by atoms with Gasteiger partial charge in [-0.1, -0.05) is 18.2 Å².